The lowest BCUT2D eigenvalue weighted by Gasteiger charge is -2.32. The van der Waals surface area contributed by atoms with Gasteiger partial charge < -0.3 is 10.2 Å². The van der Waals surface area contributed by atoms with Crippen molar-refractivity contribution in [3.05, 3.63) is 83.4 Å². The molecule has 0 radical (unpaired) electrons. The number of rotatable bonds is 7. The first-order chi connectivity index (χ1) is 16.4. The average molecular weight is 458 g/mol. The van der Waals surface area contributed by atoms with Crippen LogP contribution in [0.4, 0.5) is 0 Å². The van der Waals surface area contributed by atoms with Crippen LogP contribution >= 0.6 is 0 Å². The molecule has 0 saturated carbocycles. The Morgan fingerprint density at radius 1 is 1.00 bits per heavy atom. The Kier molecular flexibility index (Phi) is 7.63. The molecule has 1 fully saturated rings. The molecule has 1 heterocycles. The van der Waals surface area contributed by atoms with Gasteiger partial charge in [-0.15, -0.1) is 0 Å². The number of hydrogen-bond acceptors (Lipinski definition) is 3. The Morgan fingerprint density at radius 2 is 1.71 bits per heavy atom. The second-order valence-electron chi connectivity index (χ2n) is 9.61. The number of fused-ring (bicyclic) bond motifs is 1. The average Bonchev–Trinajstić information content (AvgIpc) is 2.87. The van der Waals surface area contributed by atoms with Crippen LogP contribution in [0.3, 0.4) is 0 Å². The van der Waals surface area contributed by atoms with Crippen molar-refractivity contribution in [1.82, 2.24) is 15.1 Å². The summed E-state index contributed by atoms with van der Waals surface area (Å²) in [6.07, 6.45) is 1.65. The third kappa shape index (κ3) is 5.48. The maximum absolute atomic E-state index is 13.4. The molecule has 0 bridgehead atoms. The predicted octanol–water partition coefficient (Wildman–Crippen LogP) is 4.85. The van der Waals surface area contributed by atoms with Gasteiger partial charge in [-0.3, -0.25) is 14.5 Å². The van der Waals surface area contributed by atoms with Crippen LogP contribution in [0.1, 0.15) is 48.2 Å². The molecule has 34 heavy (non-hydrogen) atoms. The van der Waals surface area contributed by atoms with Gasteiger partial charge in [0.25, 0.3) is 5.91 Å². The number of hydrogen-bond donors (Lipinski definition) is 1. The number of benzene rings is 3. The standard InChI is InChI=1S/C29H35N3O2/c1-21(2)31(3)19-24-12-5-4-11-23(24)18-30-28(33)25-14-9-17-32(20-25)29(34)27-16-8-13-22-10-6-7-15-26(22)27/h4-8,10-13,15-16,21,25H,9,14,17-20H2,1-3H3,(H,30,33). The number of nitrogens with one attached hydrogen (secondary N) is 1. The van der Waals surface area contributed by atoms with Crippen LogP contribution in [0.5, 0.6) is 0 Å². The fourth-order valence-electron chi connectivity index (χ4n) is 4.62. The number of carbonyl (C=O) groups is 2. The lowest BCUT2D eigenvalue weighted by atomic mass is 9.95. The summed E-state index contributed by atoms with van der Waals surface area (Å²) in [7, 11) is 2.11. The summed E-state index contributed by atoms with van der Waals surface area (Å²) in [4.78, 5) is 30.6. The zero-order valence-corrected chi connectivity index (χ0v) is 20.5. The Labute approximate surface area is 202 Å². The summed E-state index contributed by atoms with van der Waals surface area (Å²) in [5.74, 6) is -0.142. The van der Waals surface area contributed by atoms with Crippen molar-refractivity contribution in [2.45, 2.75) is 45.8 Å². The van der Waals surface area contributed by atoms with Crippen LogP contribution in [-0.4, -0.2) is 47.8 Å². The SMILES string of the molecule is CC(C)N(C)Cc1ccccc1CNC(=O)C1CCCN(C(=O)c2cccc3ccccc23)C1. The molecule has 1 unspecified atom stereocenters. The van der Waals surface area contributed by atoms with Gasteiger partial charge in [0.15, 0.2) is 0 Å². The van der Waals surface area contributed by atoms with Crippen LogP contribution in [0, 0.1) is 5.92 Å². The van der Waals surface area contributed by atoms with Gasteiger partial charge >= 0.3 is 0 Å². The van der Waals surface area contributed by atoms with Crippen LogP contribution in [0.2, 0.25) is 0 Å². The molecule has 1 aliphatic rings. The van der Waals surface area contributed by atoms with E-state index >= 15 is 0 Å². The molecule has 2 amide bonds. The summed E-state index contributed by atoms with van der Waals surface area (Å²) in [6.45, 7) is 6.87. The highest BCUT2D eigenvalue weighted by atomic mass is 16.2. The van der Waals surface area contributed by atoms with Gasteiger partial charge in [0.05, 0.1) is 5.92 Å². The van der Waals surface area contributed by atoms with Gasteiger partial charge in [-0.1, -0.05) is 60.7 Å². The van der Waals surface area contributed by atoms with E-state index in [9.17, 15) is 9.59 Å². The maximum atomic E-state index is 13.4. The van der Waals surface area contributed by atoms with E-state index in [4.69, 9.17) is 0 Å². The third-order valence-corrected chi connectivity index (χ3v) is 6.97. The Bertz CT molecular complexity index is 1150. The molecule has 1 N–H and O–H groups in total. The zero-order chi connectivity index (χ0) is 24.1. The quantitative estimate of drug-likeness (QED) is 0.552. The van der Waals surface area contributed by atoms with E-state index in [2.05, 4.69) is 43.2 Å². The van der Waals surface area contributed by atoms with Crippen molar-refractivity contribution >= 4 is 22.6 Å². The van der Waals surface area contributed by atoms with Crippen LogP contribution in [-0.2, 0) is 17.9 Å². The Morgan fingerprint density at radius 3 is 2.50 bits per heavy atom. The summed E-state index contributed by atoms with van der Waals surface area (Å²) in [5, 5.41) is 5.16. The largest absolute Gasteiger partial charge is 0.352 e. The van der Waals surface area contributed by atoms with Gasteiger partial charge in [-0.05, 0) is 61.7 Å². The van der Waals surface area contributed by atoms with Gasteiger partial charge in [0, 0.05) is 37.8 Å². The zero-order valence-electron chi connectivity index (χ0n) is 20.5. The number of carbonyl (C=O) groups excluding carboxylic acids is 2. The molecule has 1 saturated heterocycles. The summed E-state index contributed by atoms with van der Waals surface area (Å²) in [5.41, 5.74) is 3.08. The molecule has 3 aromatic carbocycles. The molecule has 1 aliphatic heterocycles. The van der Waals surface area contributed by atoms with Crippen molar-refractivity contribution in [2.24, 2.45) is 5.92 Å². The van der Waals surface area contributed by atoms with Crippen molar-refractivity contribution in [3.8, 4) is 0 Å². The third-order valence-electron chi connectivity index (χ3n) is 6.97. The van der Waals surface area contributed by atoms with E-state index in [1.54, 1.807) is 0 Å². The van der Waals surface area contributed by atoms with Crippen LogP contribution in [0.25, 0.3) is 10.8 Å². The Balaban J connectivity index is 1.40. The number of piperidine rings is 1. The molecule has 178 valence electrons. The van der Waals surface area contributed by atoms with Crippen molar-refractivity contribution < 1.29 is 9.59 Å². The van der Waals surface area contributed by atoms with Crippen LogP contribution in [0.15, 0.2) is 66.7 Å². The van der Waals surface area contributed by atoms with E-state index < -0.39 is 0 Å². The minimum atomic E-state index is -0.182. The predicted molar refractivity (Wildman–Crippen MR) is 137 cm³/mol. The number of amides is 2. The van der Waals surface area contributed by atoms with E-state index in [0.29, 0.717) is 31.2 Å². The fourth-order valence-corrected chi connectivity index (χ4v) is 4.62. The summed E-state index contributed by atoms with van der Waals surface area (Å²) >= 11 is 0. The van der Waals surface area contributed by atoms with E-state index in [1.807, 2.05) is 59.5 Å². The minimum absolute atomic E-state index is 0.0105. The van der Waals surface area contributed by atoms with Crippen molar-refractivity contribution in [2.75, 3.05) is 20.1 Å². The number of likely N-dealkylation sites (tertiary alicyclic amines) is 1. The smallest absolute Gasteiger partial charge is 0.254 e. The molecule has 0 spiro atoms. The summed E-state index contributed by atoms with van der Waals surface area (Å²) < 4.78 is 0. The first-order valence-corrected chi connectivity index (χ1v) is 12.3. The highest BCUT2D eigenvalue weighted by Gasteiger charge is 2.29. The van der Waals surface area contributed by atoms with Crippen molar-refractivity contribution in [3.63, 3.8) is 0 Å². The van der Waals surface area contributed by atoms with Gasteiger partial charge in [-0.2, -0.15) is 0 Å². The topological polar surface area (TPSA) is 52.7 Å². The van der Waals surface area contributed by atoms with Gasteiger partial charge in [0.1, 0.15) is 0 Å². The second-order valence-corrected chi connectivity index (χ2v) is 9.61. The molecule has 5 nitrogen and oxygen atoms in total. The lowest BCUT2D eigenvalue weighted by molar-refractivity contribution is -0.126. The van der Waals surface area contributed by atoms with Gasteiger partial charge in [-0.25, -0.2) is 0 Å². The highest BCUT2D eigenvalue weighted by molar-refractivity contribution is 6.07. The number of nitrogens with zero attached hydrogens (tertiary/aromatic N) is 2. The highest BCUT2D eigenvalue weighted by Crippen LogP contribution is 2.24. The lowest BCUT2D eigenvalue weighted by Crippen LogP contribution is -2.45. The minimum Gasteiger partial charge on any atom is -0.352 e. The molecule has 5 heteroatoms. The van der Waals surface area contributed by atoms with Gasteiger partial charge in [0.2, 0.25) is 5.91 Å². The molecule has 0 aliphatic carbocycles. The maximum Gasteiger partial charge on any atom is 0.254 e. The molecule has 4 rings (SSSR count). The summed E-state index contributed by atoms with van der Waals surface area (Å²) in [6, 6.07) is 22.5. The second kappa shape index (κ2) is 10.8. The fraction of sp³-hybridized carbons (Fsp3) is 0.379. The van der Waals surface area contributed by atoms with Crippen LogP contribution < -0.4 is 5.32 Å². The normalized spacial score (nSPS) is 16.3. The van der Waals surface area contributed by atoms with E-state index in [0.717, 1.165) is 35.7 Å². The molecular weight excluding hydrogens is 422 g/mol. The van der Waals surface area contributed by atoms with E-state index in [-0.39, 0.29) is 17.7 Å². The van der Waals surface area contributed by atoms with Crippen molar-refractivity contribution in [1.29, 1.82) is 0 Å². The first kappa shape index (κ1) is 24.0. The Hall–Kier alpha value is -3.18. The molecule has 0 aromatic heterocycles. The molecule has 3 aromatic rings. The van der Waals surface area contributed by atoms with E-state index in [1.165, 1.54) is 5.56 Å². The molecular formula is C29H35N3O2. The monoisotopic (exact) mass is 457 g/mol. The molecule has 1 atom stereocenters. The first-order valence-electron chi connectivity index (χ1n) is 12.3.